The van der Waals surface area contributed by atoms with Crippen LogP contribution in [0.2, 0.25) is 0 Å². The molecule has 0 fully saturated rings. The Morgan fingerprint density at radius 1 is 0.900 bits per heavy atom. The molecule has 40 heavy (non-hydrogen) atoms. The van der Waals surface area contributed by atoms with E-state index in [2.05, 4.69) is 83.8 Å². The van der Waals surface area contributed by atoms with Gasteiger partial charge in [0.15, 0.2) is 0 Å². The minimum absolute atomic E-state index is 0. The third-order valence-electron chi connectivity index (χ3n) is 7.04. The second-order valence-electron chi connectivity index (χ2n) is 9.73. The highest BCUT2D eigenvalue weighted by atomic mass is 35.5. The van der Waals surface area contributed by atoms with E-state index >= 15 is 0 Å². The SMILES string of the molecule is COc1ccc(CN(CCc2cc3ccocc-3c2OC(C)=O)CC(c2ccccc2)c2ccccc2)cc1.Cl. The van der Waals surface area contributed by atoms with Crippen LogP contribution in [0.1, 0.15) is 35.1 Å². The molecule has 5 nitrogen and oxygen atoms in total. The van der Waals surface area contributed by atoms with Crippen LogP contribution in [0.4, 0.5) is 0 Å². The summed E-state index contributed by atoms with van der Waals surface area (Å²) < 4.78 is 16.4. The van der Waals surface area contributed by atoms with Crippen molar-refractivity contribution in [2.75, 3.05) is 20.2 Å². The fourth-order valence-electron chi connectivity index (χ4n) is 5.10. The van der Waals surface area contributed by atoms with Crippen LogP contribution in [0.15, 0.2) is 114 Å². The van der Waals surface area contributed by atoms with Gasteiger partial charge in [-0.05, 0) is 58.5 Å². The van der Waals surface area contributed by atoms with Crippen molar-refractivity contribution in [2.24, 2.45) is 0 Å². The van der Waals surface area contributed by atoms with Crippen LogP contribution in [0.3, 0.4) is 0 Å². The monoisotopic (exact) mass is 555 g/mol. The molecule has 0 saturated carbocycles. The number of ether oxygens (including phenoxy) is 2. The van der Waals surface area contributed by atoms with Gasteiger partial charge in [-0.15, -0.1) is 12.4 Å². The van der Waals surface area contributed by atoms with Gasteiger partial charge in [0.1, 0.15) is 17.8 Å². The Hall–Kier alpha value is -4.06. The number of hydrogen-bond donors (Lipinski definition) is 0. The number of halogens is 1. The van der Waals surface area contributed by atoms with E-state index in [-0.39, 0.29) is 24.3 Å². The van der Waals surface area contributed by atoms with Crippen LogP contribution in [-0.2, 0) is 17.8 Å². The molecule has 0 spiro atoms. The molecule has 3 aromatic rings. The van der Waals surface area contributed by atoms with Gasteiger partial charge in [-0.1, -0.05) is 72.8 Å². The summed E-state index contributed by atoms with van der Waals surface area (Å²) in [6.45, 7) is 3.82. The van der Waals surface area contributed by atoms with Gasteiger partial charge in [0.25, 0.3) is 0 Å². The molecule has 3 aromatic carbocycles. The van der Waals surface area contributed by atoms with Crippen molar-refractivity contribution in [3.05, 3.63) is 132 Å². The predicted molar refractivity (Wildman–Crippen MR) is 161 cm³/mol. The smallest absolute Gasteiger partial charge is 0.308 e. The van der Waals surface area contributed by atoms with Gasteiger partial charge in [0, 0.05) is 32.5 Å². The standard InChI is InChI=1S/C34H33NO4.ClH/c1-25(36)39-34-30(21-29-18-20-38-24-33(29)34)17-19-35(22-26-13-15-31(37-2)16-14-26)23-32(27-9-5-3-6-10-27)28-11-7-4-8-12-28;/h3-16,18,20-21,24,32H,17,19,22-23H2,1-2H3;1H. The predicted octanol–water partition coefficient (Wildman–Crippen LogP) is 7.62. The van der Waals surface area contributed by atoms with Crippen molar-refractivity contribution < 1.29 is 18.7 Å². The summed E-state index contributed by atoms with van der Waals surface area (Å²) >= 11 is 0. The van der Waals surface area contributed by atoms with Crippen LogP contribution in [0.25, 0.3) is 11.1 Å². The number of hydrogen-bond acceptors (Lipinski definition) is 5. The number of carbonyl (C=O) groups excluding carboxylic acids is 1. The molecule has 0 N–H and O–H groups in total. The van der Waals surface area contributed by atoms with Crippen LogP contribution < -0.4 is 9.47 Å². The lowest BCUT2D eigenvalue weighted by molar-refractivity contribution is -0.131. The summed E-state index contributed by atoms with van der Waals surface area (Å²) in [5.41, 5.74) is 6.59. The van der Waals surface area contributed by atoms with Gasteiger partial charge in [-0.2, -0.15) is 0 Å². The molecular formula is C34H34ClNO4. The van der Waals surface area contributed by atoms with Crippen LogP contribution in [-0.4, -0.2) is 31.1 Å². The maximum Gasteiger partial charge on any atom is 0.308 e. The summed E-state index contributed by atoms with van der Waals surface area (Å²) in [6.07, 6.45) is 4.01. The molecule has 0 radical (unpaired) electrons. The molecule has 0 saturated heterocycles. The minimum Gasteiger partial charge on any atom is -0.497 e. The van der Waals surface area contributed by atoms with E-state index in [1.54, 1.807) is 19.6 Å². The maximum absolute atomic E-state index is 11.9. The highest BCUT2D eigenvalue weighted by molar-refractivity contribution is 5.85. The Labute approximate surface area is 242 Å². The zero-order valence-electron chi connectivity index (χ0n) is 22.8. The molecule has 206 valence electrons. The first kappa shape index (κ1) is 28.9. The number of carbonyl (C=O) groups is 1. The molecular weight excluding hydrogens is 522 g/mol. The Morgan fingerprint density at radius 3 is 2.15 bits per heavy atom. The van der Waals surface area contributed by atoms with Crippen molar-refractivity contribution in [1.82, 2.24) is 4.90 Å². The van der Waals surface area contributed by atoms with Gasteiger partial charge in [0.05, 0.1) is 18.9 Å². The number of esters is 1. The Morgan fingerprint density at radius 2 is 1.55 bits per heavy atom. The van der Waals surface area contributed by atoms with Gasteiger partial charge in [-0.3, -0.25) is 9.69 Å². The van der Waals surface area contributed by atoms with Crippen molar-refractivity contribution in [1.29, 1.82) is 0 Å². The number of benzene rings is 3. The van der Waals surface area contributed by atoms with Crippen molar-refractivity contribution >= 4 is 18.4 Å². The average Bonchev–Trinajstić information content (AvgIpc) is 3.32. The molecule has 5 rings (SSSR count). The Bertz CT molecular complexity index is 1410. The molecule has 0 atom stereocenters. The summed E-state index contributed by atoms with van der Waals surface area (Å²) in [5.74, 6) is 1.30. The second kappa shape index (κ2) is 13.8. The van der Waals surface area contributed by atoms with Gasteiger partial charge >= 0.3 is 5.97 Å². The van der Waals surface area contributed by atoms with Crippen molar-refractivity contribution in [3.63, 3.8) is 0 Å². The maximum atomic E-state index is 11.9. The highest BCUT2D eigenvalue weighted by Gasteiger charge is 2.22. The number of nitrogens with zero attached hydrogens (tertiary/aromatic N) is 1. The van der Waals surface area contributed by atoms with Gasteiger partial charge in [0.2, 0.25) is 0 Å². The van der Waals surface area contributed by atoms with E-state index in [9.17, 15) is 4.79 Å². The highest BCUT2D eigenvalue weighted by Crippen LogP contribution is 2.39. The van der Waals surface area contributed by atoms with E-state index in [4.69, 9.17) is 13.9 Å². The third kappa shape index (κ3) is 7.12. The third-order valence-corrected chi connectivity index (χ3v) is 7.04. The van der Waals surface area contributed by atoms with E-state index in [1.165, 1.54) is 23.6 Å². The molecule has 0 amide bonds. The van der Waals surface area contributed by atoms with Crippen molar-refractivity contribution in [2.45, 2.75) is 25.8 Å². The average molecular weight is 556 g/mol. The molecule has 1 heterocycles. The lowest BCUT2D eigenvalue weighted by Crippen LogP contribution is -2.31. The van der Waals surface area contributed by atoms with E-state index in [1.807, 2.05) is 18.2 Å². The molecule has 1 aliphatic heterocycles. The van der Waals surface area contributed by atoms with Crippen LogP contribution in [0, 0.1) is 0 Å². The lowest BCUT2D eigenvalue weighted by Gasteiger charge is -2.28. The van der Waals surface area contributed by atoms with Crippen LogP contribution in [0.5, 0.6) is 11.5 Å². The minimum atomic E-state index is -0.337. The summed E-state index contributed by atoms with van der Waals surface area (Å²) in [7, 11) is 1.68. The van der Waals surface area contributed by atoms with E-state index in [0.717, 1.165) is 48.5 Å². The molecule has 0 unspecified atom stereocenters. The topological polar surface area (TPSA) is 51.9 Å². The largest absolute Gasteiger partial charge is 0.497 e. The van der Waals surface area contributed by atoms with E-state index < -0.39 is 0 Å². The first-order chi connectivity index (χ1) is 19.1. The summed E-state index contributed by atoms with van der Waals surface area (Å²) in [5, 5.41) is 0. The fraction of sp³-hybridized carbons (Fsp3) is 0.206. The zero-order valence-corrected chi connectivity index (χ0v) is 23.6. The number of rotatable bonds is 11. The molecule has 6 heteroatoms. The number of fused-ring (bicyclic) bond motifs is 1. The fourth-order valence-corrected chi connectivity index (χ4v) is 5.10. The molecule has 0 aromatic heterocycles. The molecule has 2 aliphatic rings. The van der Waals surface area contributed by atoms with Crippen LogP contribution >= 0.6 is 12.4 Å². The van der Waals surface area contributed by atoms with E-state index in [0.29, 0.717) is 5.75 Å². The first-order valence-corrected chi connectivity index (χ1v) is 13.2. The zero-order chi connectivity index (χ0) is 27.0. The quantitative estimate of drug-likeness (QED) is 0.157. The first-order valence-electron chi connectivity index (χ1n) is 13.2. The normalized spacial score (nSPS) is 11.0. The summed E-state index contributed by atoms with van der Waals surface area (Å²) in [6, 6.07) is 33.6. The van der Waals surface area contributed by atoms with Crippen molar-refractivity contribution in [3.8, 4) is 22.6 Å². The Kier molecular flexibility index (Phi) is 10.0. The summed E-state index contributed by atoms with van der Waals surface area (Å²) in [4.78, 5) is 14.4. The van der Waals surface area contributed by atoms with Gasteiger partial charge in [-0.25, -0.2) is 0 Å². The molecule has 1 aliphatic carbocycles. The van der Waals surface area contributed by atoms with Gasteiger partial charge < -0.3 is 13.9 Å². The lowest BCUT2D eigenvalue weighted by atomic mass is 9.90. The molecule has 0 bridgehead atoms. The Balaban J connectivity index is 0.00000370. The number of methoxy groups -OCH3 is 1. The second-order valence-corrected chi connectivity index (χ2v) is 9.73.